The normalized spacial score (nSPS) is 10.5. The molecule has 0 bridgehead atoms. The third-order valence-electron chi connectivity index (χ3n) is 4.49. The summed E-state index contributed by atoms with van der Waals surface area (Å²) in [4.78, 5) is 12.7. The molecule has 0 spiro atoms. The van der Waals surface area contributed by atoms with Crippen LogP contribution in [-0.2, 0) is 12.8 Å². The van der Waals surface area contributed by atoms with Gasteiger partial charge in [-0.2, -0.15) is 0 Å². The summed E-state index contributed by atoms with van der Waals surface area (Å²) in [5, 5.41) is 3.12. The van der Waals surface area contributed by atoms with Gasteiger partial charge in [-0.05, 0) is 47.2 Å². The van der Waals surface area contributed by atoms with Crippen molar-refractivity contribution in [3.05, 3.63) is 89.5 Å². The minimum atomic E-state index is -0.0600. The lowest BCUT2D eigenvalue weighted by molar-refractivity contribution is 0.102. The Labute approximate surface area is 149 Å². The molecule has 2 heteroatoms. The Hall–Kier alpha value is -2.87. The van der Waals surface area contributed by atoms with E-state index in [4.69, 9.17) is 0 Å². The van der Waals surface area contributed by atoms with Crippen LogP contribution in [0.15, 0.2) is 72.8 Å². The second-order valence-electron chi connectivity index (χ2n) is 6.06. The van der Waals surface area contributed by atoms with Crippen LogP contribution in [0.1, 0.15) is 35.3 Å². The van der Waals surface area contributed by atoms with E-state index in [2.05, 4.69) is 49.5 Å². The van der Waals surface area contributed by atoms with Crippen molar-refractivity contribution in [1.82, 2.24) is 0 Å². The van der Waals surface area contributed by atoms with Gasteiger partial charge in [0.25, 0.3) is 5.91 Å². The van der Waals surface area contributed by atoms with Crippen molar-refractivity contribution in [1.29, 1.82) is 0 Å². The van der Waals surface area contributed by atoms with Gasteiger partial charge in [0.1, 0.15) is 0 Å². The van der Waals surface area contributed by atoms with E-state index in [9.17, 15) is 4.79 Å². The van der Waals surface area contributed by atoms with E-state index < -0.39 is 0 Å². The number of rotatable bonds is 5. The number of nitrogens with one attached hydrogen (secondary N) is 1. The van der Waals surface area contributed by atoms with Gasteiger partial charge in [-0.25, -0.2) is 0 Å². The van der Waals surface area contributed by atoms with Crippen molar-refractivity contribution in [3.8, 4) is 11.1 Å². The van der Waals surface area contributed by atoms with Crippen molar-refractivity contribution in [3.63, 3.8) is 0 Å². The van der Waals surface area contributed by atoms with Crippen molar-refractivity contribution >= 4 is 11.6 Å². The van der Waals surface area contributed by atoms with Gasteiger partial charge in [0.05, 0.1) is 0 Å². The highest BCUT2D eigenvalue weighted by Crippen LogP contribution is 2.24. The summed E-state index contributed by atoms with van der Waals surface area (Å²) in [5.41, 5.74) is 6.25. The lowest BCUT2D eigenvalue weighted by Gasteiger charge is -2.14. The number of anilines is 1. The number of hydrogen-bond acceptors (Lipinski definition) is 1. The Morgan fingerprint density at radius 1 is 0.720 bits per heavy atom. The Bertz CT molecular complexity index is 829. The molecule has 0 aliphatic carbocycles. The molecule has 0 atom stereocenters. The van der Waals surface area contributed by atoms with Gasteiger partial charge in [-0.1, -0.05) is 74.5 Å². The van der Waals surface area contributed by atoms with Crippen molar-refractivity contribution in [2.75, 3.05) is 5.32 Å². The number of benzene rings is 3. The average Bonchev–Trinajstić information content (AvgIpc) is 2.69. The number of carbonyl (C=O) groups is 1. The molecule has 0 aromatic heterocycles. The zero-order chi connectivity index (χ0) is 17.6. The SMILES string of the molecule is CCc1cccc(CC)c1NC(=O)c1ccc(-c2ccccc2)cc1. The third kappa shape index (κ3) is 3.80. The number of hydrogen-bond donors (Lipinski definition) is 1. The van der Waals surface area contributed by atoms with Crippen LogP contribution in [0.5, 0.6) is 0 Å². The Morgan fingerprint density at radius 2 is 1.28 bits per heavy atom. The Kier molecular flexibility index (Phi) is 5.30. The van der Waals surface area contributed by atoms with Crippen molar-refractivity contribution in [2.24, 2.45) is 0 Å². The predicted molar refractivity (Wildman–Crippen MR) is 105 cm³/mol. The molecule has 1 amide bonds. The van der Waals surface area contributed by atoms with Crippen LogP contribution in [0.2, 0.25) is 0 Å². The predicted octanol–water partition coefficient (Wildman–Crippen LogP) is 5.73. The number of para-hydroxylation sites is 1. The first-order valence-electron chi connectivity index (χ1n) is 8.80. The second kappa shape index (κ2) is 7.80. The van der Waals surface area contributed by atoms with Gasteiger partial charge in [0, 0.05) is 11.3 Å². The molecule has 3 aromatic rings. The van der Waals surface area contributed by atoms with E-state index in [0.717, 1.165) is 29.7 Å². The zero-order valence-corrected chi connectivity index (χ0v) is 14.8. The lowest BCUT2D eigenvalue weighted by atomic mass is 10.0. The highest BCUT2D eigenvalue weighted by Gasteiger charge is 2.12. The van der Waals surface area contributed by atoms with E-state index in [1.54, 1.807) is 0 Å². The molecular formula is C23H23NO. The molecule has 0 aliphatic rings. The summed E-state index contributed by atoms with van der Waals surface area (Å²) in [6.45, 7) is 4.22. The highest BCUT2D eigenvalue weighted by atomic mass is 16.1. The maximum absolute atomic E-state index is 12.7. The maximum atomic E-state index is 12.7. The molecule has 3 aromatic carbocycles. The molecule has 126 valence electrons. The first-order chi connectivity index (χ1) is 12.2. The van der Waals surface area contributed by atoms with Crippen LogP contribution in [0.3, 0.4) is 0 Å². The van der Waals surface area contributed by atoms with E-state index in [1.807, 2.05) is 42.5 Å². The highest BCUT2D eigenvalue weighted by molar-refractivity contribution is 6.05. The molecule has 0 radical (unpaired) electrons. The first kappa shape index (κ1) is 17.0. The van der Waals surface area contributed by atoms with Gasteiger partial charge in [0.15, 0.2) is 0 Å². The van der Waals surface area contributed by atoms with Crippen molar-refractivity contribution in [2.45, 2.75) is 26.7 Å². The van der Waals surface area contributed by atoms with Gasteiger partial charge in [0.2, 0.25) is 0 Å². The topological polar surface area (TPSA) is 29.1 Å². The molecule has 3 rings (SSSR count). The molecule has 0 unspecified atom stereocenters. The molecule has 0 fully saturated rings. The van der Waals surface area contributed by atoms with Crippen molar-refractivity contribution < 1.29 is 4.79 Å². The summed E-state index contributed by atoms with van der Waals surface area (Å²) in [6.07, 6.45) is 1.80. The number of amides is 1. The maximum Gasteiger partial charge on any atom is 0.255 e. The average molecular weight is 329 g/mol. The van der Waals surface area contributed by atoms with Crippen LogP contribution in [-0.4, -0.2) is 5.91 Å². The molecule has 0 saturated heterocycles. The van der Waals surface area contributed by atoms with E-state index >= 15 is 0 Å². The van der Waals surface area contributed by atoms with E-state index in [-0.39, 0.29) is 5.91 Å². The largest absolute Gasteiger partial charge is 0.321 e. The van der Waals surface area contributed by atoms with Gasteiger partial charge < -0.3 is 5.32 Å². The fraction of sp³-hybridized carbons (Fsp3) is 0.174. The molecule has 1 N–H and O–H groups in total. The molecule has 0 aliphatic heterocycles. The monoisotopic (exact) mass is 329 g/mol. The van der Waals surface area contributed by atoms with Crippen LogP contribution >= 0.6 is 0 Å². The van der Waals surface area contributed by atoms with E-state index in [0.29, 0.717) is 5.56 Å². The fourth-order valence-corrected chi connectivity index (χ4v) is 3.03. The summed E-state index contributed by atoms with van der Waals surface area (Å²) >= 11 is 0. The summed E-state index contributed by atoms with van der Waals surface area (Å²) in [6, 6.07) is 24.2. The van der Waals surface area contributed by atoms with E-state index in [1.165, 1.54) is 11.1 Å². The van der Waals surface area contributed by atoms with Gasteiger partial charge in [-0.15, -0.1) is 0 Å². The quantitative estimate of drug-likeness (QED) is 0.636. The number of aryl methyl sites for hydroxylation is 2. The minimum Gasteiger partial charge on any atom is -0.321 e. The smallest absolute Gasteiger partial charge is 0.255 e. The summed E-state index contributed by atoms with van der Waals surface area (Å²) < 4.78 is 0. The standard InChI is InChI=1S/C23H23NO/c1-3-17-11-8-12-18(4-2)22(17)24-23(25)21-15-13-20(14-16-21)19-9-6-5-7-10-19/h5-16H,3-4H2,1-2H3,(H,24,25). The van der Waals surface area contributed by atoms with Crippen LogP contribution in [0.4, 0.5) is 5.69 Å². The first-order valence-corrected chi connectivity index (χ1v) is 8.80. The molecule has 2 nitrogen and oxygen atoms in total. The van der Waals surface area contributed by atoms with Crippen LogP contribution in [0.25, 0.3) is 11.1 Å². The van der Waals surface area contributed by atoms with Crippen LogP contribution in [0, 0.1) is 0 Å². The number of carbonyl (C=O) groups excluding carboxylic acids is 1. The van der Waals surface area contributed by atoms with Gasteiger partial charge in [-0.3, -0.25) is 4.79 Å². The molecule has 0 saturated carbocycles. The molecule has 0 heterocycles. The Morgan fingerprint density at radius 3 is 1.84 bits per heavy atom. The molecule has 25 heavy (non-hydrogen) atoms. The summed E-state index contributed by atoms with van der Waals surface area (Å²) in [7, 11) is 0. The van der Waals surface area contributed by atoms with Crippen LogP contribution < -0.4 is 5.32 Å². The fourth-order valence-electron chi connectivity index (χ4n) is 3.03. The molecular weight excluding hydrogens is 306 g/mol. The second-order valence-corrected chi connectivity index (χ2v) is 6.06. The van der Waals surface area contributed by atoms with Gasteiger partial charge >= 0.3 is 0 Å². The minimum absolute atomic E-state index is 0.0600. The summed E-state index contributed by atoms with van der Waals surface area (Å²) in [5.74, 6) is -0.0600. The Balaban J connectivity index is 1.83. The third-order valence-corrected chi connectivity index (χ3v) is 4.49. The zero-order valence-electron chi connectivity index (χ0n) is 14.8. The lowest BCUT2D eigenvalue weighted by Crippen LogP contribution is -2.14.